The SMILES string of the molecule is CC(N)Cc1ccc(Oc2cccc(F)c2)c(F)c1. The molecule has 0 saturated carbocycles. The molecule has 1 unspecified atom stereocenters. The highest BCUT2D eigenvalue weighted by Gasteiger charge is 2.07. The van der Waals surface area contributed by atoms with E-state index >= 15 is 0 Å². The fourth-order valence-corrected chi connectivity index (χ4v) is 1.78. The van der Waals surface area contributed by atoms with Crippen molar-refractivity contribution in [1.82, 2.24) is 0 Å². The molecule has 0 radical (unpaired) electrons. The molecule has 2 aromatic carbocycles. The van der Waals surface area contributed by atoms with E-state index in [1.165, 1.54) is 30.3 Å². The van der Waals surface area contributed by atoms with Crippen molar-refractivity contribution in [2.24, 2.45) is 5.73 Å². The fourth-order valence-electron chi connectivity index (χ4n) is 1.78. The van der Waals surface area contributed by atoms with Crippen molar-refractivity contribution in [3.8, 4) is 11.5 Å². The Labute approximate surface area is 110 Å². The van der Waals surface area contributed by atoms with Gasteiger partial charge in [-0.15, -0.1) is 0 Å². The van der Waals surface area contributed by atoms with Crippen molar-refractivity contribution in [2.75, 3.05) is 0 Å². The molecule has 4 heteroatoms. The van der Waals surface area contributed by atoms with E-state index in [1.54, 1.807) is 12.1 Å². The lowest BCUT2D eigenvalue weighted by atomic mass is 10.1. The molecule has 0 aliphatic carbocycles. The monoisotopic (exact) mass is 263 g/mol. The average Bonchev–Trinajstić information content (AvgIpc) is 2.32. The zero-order chi connectivity index (χ0) is 13.8. The number of halogens is 2. The van der Waals surface area contributed by atoms with Crippen LogP contribution in [0, 0.1) is 11.6 Å². The maximum absolute atomic E-state index is 13.8. The molecule has 0 heterocycles. The number of rotatable bonds is 4. The molecule has 0 bridgehead atoms. The van der Waals surface area contributed by atoms with Crippen LogP contribution < -0.4 is 10.5 Å². The summed E-state index contributed by atoms with van der Waals surface area (Å²) in [6, 6.07) is 10.2. The molecule has 0 aliphatic rings. The van der Waals surface area contributed by atoms with Gasteiger partial charge in [-0.2, -0.15) is 0 Å². The summed E-state index contributed by atoms with van der Waals surface area (Å²) in [7, 11) is 0. The van der Waals surface area contributed by atoms with Gasteiger partial charge in [-0.05, 0) is 43.2 Å². The van der Waals surface area contributed by atoms with E-state index in [1.807, 2.05) is 6.92 Å². The van der Waals surface area contributed by atoms with Gasteiger partial charge in [0.05, 0.1) is 0 Å². The normalized spacial score (nSPS) is 12.2. The quantitative estimate of drug-likeness (QED) is 0.913. The molecule has 0 amide bonds. The van der Waals surface area contributed by atoms with Crippen LogP contribution in [0.25, 0.3) is 0 Å². The van der Waals surface area contributed by atoms with E-state index in [0.29, 0.717) is 6.42 Å². The molecule has 0 saturated heterocycles. The van der Waals surface area contributed by atoms with Gasteiger partial charge in [0, 0.05) is 12.1 Å². The van der Waals surface area contributed by atoms with Crippen molar-refractivity contribution < 1.29 is 13.5 Å². The Balaban J connectivity index is 2.17. The molecule has 2 nitrogen and oxygen atoms in total. The zero-order valence-corrected chi connectivity index (χ0v) is 10.6. The first-order valence-corrected chi connectivity index (χ1v) is 6.02. The van der Waals surface area contributed by atoms with Crippen LogP contribution in [0.15, 0.2) is 42.5 Å². The van der Waals surface area contributed by atoms with Crippen LogP contribution in [0.3, 0.4) is 0 Å². The summed E-state index contributed by atoms with van der Waals surface area (Å²) in [5.41, 5.74) is 6.46. The summed E-state index contributed by atoms with van der Waals surface area (Å²) < 4.78 is 32.1. The highest BCUT2D eigenvalue weighted by atomic mass is 19.1. The van der Waals surface area contributed by atoms with Gasteiger partial charge in [0.15, 0.2) is 11.6 Å². The van der Waals surface area contributed by atoms with Gasteiger partial charge in [-0.1, -0.05) is 12.1 Å². The molecule has 19 heavy (non-hydrogen) atoms. The minimum atomic E-state index is -0.484. The Bertz CT molecular complexity index is 570. The Morgan fingerprint density at radius 3 is 2.58 bits per heavy atom. The lowest BCUT2D eigenvalue weighted by molar-refractivity contribution is 0.438. The standard InChI is InChI=1S/C15H15F2NO/c1-10(18)7-11-5-6-15(14(17)8-11)19-13-4-2-3-12(16)9-13/h2-6,8-10H,7,18H2,1H3. The van der Waals surface area contributed by atoms with E-state index in [2.05, 4.69) is 0 Å². The van der Waals surface area contributed by atoms with Crippen LogP contribution in [0.4, 0.5) is 8.78 Å². The molecule has 100 valence electrons. The van der Waals surface area contributed by atoms with E-state index in [-0.39, 0.29) is 17.5 Å². The maximum Gasteiger partial charge on any atom is 0.165 e. The first-order valence-electron chi connectivity index (χ1n) is 6.02. The summed E-state index contributed by atoms with van der Waals surface area (Å²) in [5.74, 6) is -0.577. The van der Waals surface area contributed by atoms with Gasteiger partial charge < -0.3 is 10.5 Å². The van der Waals surface area contributed by atoms with Crippen LogP contribution in [0.2, 0.25) is 0 Å². The van der Waals surface area contributed by atoms with Gasteiger partial charge in [0.1, 0.15) is 11.6 Å². The first-order chi connectivity index (χ1) is 9.04. The second-order valence-electron chi connectivity index (χ2n) is 4.51. The molecule has 0 spiro atoms. The topological polar surface area (TPSA) is 35.2 Å². The Morgan fingerprint density at radius 1 is 1.16 bits per heavy atom. The summed E-state index contributed by atoms with van der Waals surface area (Å²) in [4.78, 5) is 0. The average molecular weight is 263 g/mol. The van der Waals surface area contributed by atoms with E-state index in [4.69, 9.17) is 10.5 Å². The number of hydrogen-bond donors (Lipinski definition) is 1. The van der Waals surface area contributed by atoms with Crippen LogP contribution in [-0.2, 0) is 6.42 Å². The summed E-state index contributed by atoms with van der Waals surface area (Å²) in [6.45, 7) is 1.86. The van der Waals surface area contributed by atoms with Gasteiger partial charge in [0.2, 0.25) is 0 Å². The number of ether oxygens (including phenoxy) is 1. The van der Waals surface area contributed by atoms with E-state index in [9.17, 15) is 8.78 Å². The lowest BCUT2D eigenvalue weighted by Gasteiger charge is -2.09. The van der Waals surface area contributed by atoms with Gasteiger partial charge in [-0.3, -0.25) is 0 Å². The van der Waals surface area contributed by atoms with Crippen molar-refractivity contribution in [3.05, 3.63) is 59.7 Å². The second kappa shape index (κ2) is 5.80. The minimum Gasteiger partial charge on any atom is -0.454 e. The summed E-state index contributed by atoms with van der Waals surface area (Å²) in [6.07, 6.45) is 0.594. The third-order valence-corrected chi connectivity index (χ3v) is 2.58. The van der Waals surface area contributed by atoms with Gasteiger partial charge >= 0.3 is 0 Å². The van der Waals surface area contributed by atoms with Crippen molar-refractivity contribution in [2.45, 2.75) is 19.4 Å². The van der Waals surface area contributed by atoms with E-state index < -0.39 is 11.6 Å². The highest BCUT2D eigenvalue weighted by Crippen LogP contribution is 2.25. The number of hydrogen-bond acceptors (Lipinski definition) is 2. The molecule has 1 atom stereocenters. The maximum atomic E-state index is 13.8. The lowest BCUT2D eigenvalue weighted by Crippen LogP contribution is -2.17. The third-order valence-electron chi connectivity index (χ3n) is 2.58. The van der Waals surface area contributed by atoms with E-state index in [0.717, 1.165) is 5.56 Å². The molecule has 2 N–H and O–H groups in total. The molecular weight excluding hydrogens is 248 g/mol. The van der Waals surface area contributed by atoms with Crippen LogP contribution in [0.5, 0.6) is 11.5 Å². The van der Waals surface area contributed by atoms with Gasteiger partial charge in [0.25, 0.3) is 0 Å². The predicted octanol–water partition coefficient (Wildman–Crippen LogP) is 3.65. The third kappa shape index (κ3) is 3.76. The fraction of sp³-hybridized carbons (Fsp3) is 0.200. The predicted molar refractivity (Wildman–Crippen MR) is 70.2 cm³/mol. The highest BCUT2D eigenvalue weighted by molar-refractivity contribution is 5.34. The largest absolute Gasteiger partial charge is 0.454 e. The summed E-state index contributed by atoms with van der Waals surface area (Å²) >= 11 is 0. The molecule has 0 aliphatic heterocycles. The minimum absolute atomic E-state index is 0.0330. The molecule has 0 fully saturated rings. The molecule has 2 aromatic rings. The number of nitrogens with two attached hydrogens (primary N) is 1. The molecule has 2 rings (SSSR count). The Hall–Kier alpha value is -1.94. The van der Waals surface area contributed by atoms with Crippen LogP contribution in [0.1, 0.15) is 12.5 Å². The van der Waals surface area contributed by atoms with Crippen molar-refractivity contribution in [1.29, 1.82) is 0 Å². The van der Waals surface area contributed by atoms with Crippen molar-refractivity contribution in [3.63, 3.8) is 0 Å². The van der Waals surface area contributed by atoms with Crippen molar-refractivity contribution >= 4 is 0 Å². The number of benzene rings is 2. The van der Waals surface area contributed by atoms with Crippen LogP contribution in [-0.4, -0.2) is 6.04 Å². The molecule has 0 aromatic heterocycles. The Morgan fingerprint density at radius 2 is 1.95 bits per heavy atom. The van der Waals surface area contributed by atoms with Gasteiger partial charge in [-0.25, -0.2) is 8.78 Å². The first kappa shape index (κ1) is 13.5. The Kier molecular flexibility index (Phi) is 4.12. The molecular formula is C15H15F2NO. The second-order valence-corrected chi connectivity index (χ2v) is 4.51. The zero-order valence-electron chi connectivity index (χ0n) is 10.6. The summed E-state index contributed by atoms with van der Waals surface area (Å²) in [5, 5.41) is 0. The smallest absolute Gasteiger partial charge is 0.165 e. The van der Waals surface area contributed by atoms with Crippen LogP contribution >= 0.6 is 0 Å².